The Balaban J connectivity index is 3.08. The number of benzene rings is 1. The minimum atomic E-state index is -1.68. The van der Waals surface area contributed by atoms with Crippen molar-refractivity contribution in [1.82, 2.24) is 5.32 Å². The summed E-state index contributed by atoms with van der Waals surface area (Å²) in [6.07, 6.45) is 5.13. The van der Waals surface area contributed by atoms with Gasteiger partial charge in [0.05, 0.1) is 11.1 Å². The van der Waals surface area contributed by atoms with Gasteiger partial charge in [-0.1, -0.05) is 5.92 Å². The fraction of sp³-hybridized carbons (Fsp3) is 0.250. The highest BCUT2D eigenvalue weighted by atomic mass is 19.2. The Bertz CT molecular complexity index is 503. The highest BCUT2D eigenvalue weighted by Gasteiger charge is 2.23. The molecule has 1 rings (SSSR count). The number of carbonyl (C=O) groups excluding carboxylic acids is 1. The Kier molecular flexibility index (Phi) is 3.47. The van der Waals surface area contributed by atoms with Crippen molar-refractivity contribution in [1.29, 1.82) is 0 Å². The lowest BCUT2D eigenvalue weighted by atomic mass is 10.1. The lowest BCUT2D eigenvalue weighted by Crippen LogP contribution is -2.42. The highest BCUT2D eigenvalue weighted by Crippen LogP contribution is 2.15. The molecular formula is C12H10F3NO. The molecule has 1 aromatic carbocycles. The van der Waals surface area contributed by atoms with E-state index in [9.17, 15) is 18.0 Å². The topological polar surface area (TPSA) is 29.1 Å². The standard InChI is InChI=1S/C12H10F3NO/c1-4-12(2,3)16-11(17)7-5-6-8(13)10(15)9(7)14/h1,5-6H,2-3H3,(H,16,17). The van der Waals surface area contributed by atoms with Gasteiger partial charge in [-0.3, -0.25) is 4.79 Å². The van der Waals surface area contributed by atoms with Gasteiger partial charge in [0.1, 0.15) is 0 Å². The third kappa shape index (κ3) is 2.78. The van der Waals surface area contributed by atoms with Crippen molar-refractivity contribution in [2.45, 2.75) is 19.4 Å². The number of nitrogens with one attached hydrogen (secondary N) is 1. The van der Waals surface area contributed by atoms with Gasteiger partial charge >= 0.3 is 0 Å². The summed E-state index contributed by atoms with van der Waals surface area (Å²) in [6.45, 7) is 3.03. The molecule has 0 spiro atoms. The summed E-state index contributed by atoms with van der Waals surface area (Å²) >= 11 is 0. The first-order chi connectivity index (χ1) is 7.78. The molecule has 17 heavy (non-hydrogen) atoms. The molecule has 0 aliphatic carbocycles. The maximum Gasteiger partial charge on any atom is 0.255 e. The van der Waals surface area contributed by atoms with Crippen molar-refractivity contribution in [3.05, 3.63) is 35.1 Å². The summed E-state index contributed by atoms with van der Waals surface area (Å²) in [5.74, 6) is -3.20. The third-order valence-corrected chi connectivity index (χ3v) is 2.07. The van der Waals surface area contributed by atoms with E-state index < -0.39 is 34.5 Å². The Labute approximate surface area is 96.8 Å². The van der Waals surface area contributed by atoms with Gasteiger partial charge in [-0.05, 0) is 26.0 Å². The van der Waals surface area contributed by atoms with Crippen LogP contribution >= 0.6 is 0 Å². The first-order valence-corrected chi connectivity index (χ1v) is 4.72. The maximum atomic E-state index is 13.3. The Morgan fingerprint density at radius 2 is 1.88 bits per heavy atom. The van der Waals surface area contributed by atoms with E-state index >= 15 is 0 Å². The van der Waals surface area contributed by atoms with Crippen LogP contribution in [0.4, 0.5) is 13.2 Å². The summed E-state index contributed by atoms with van der Waals surface area (Å²) in [5.41, 5.74) is -1.60. The predicted octanol–water partition coefficient (Wildman–Crippen LogP) is 2.25. The quantitative estimate of drug-likeness (QED) is 0.624. The van der Waals surface area contributed by atoms with Crippen LogP contribution in [0.15, 0.2) is 12.1 Å². The predicted molar refractivity (Wildman–Crippen MR) is 56.7 cm³/mol. The van der Waals surface area contributed by atoms with Crippen molar-refractivity contribution in [3.8, 4) is 12.3 Å². The van der Waals surface area contributed by atoms with Crippen LogP contribution in [0.1, 0.15) is 24.2 Å². The van der Waals surface area contributed by atoms with Crippen LogP contribution in [-0.2, 0) is 0 Å². The first-order valence-electron chi connectivity index (χ1n) is 4.72. The van der Waals surface area contributed by atoms with Gasteiger partial charge in [-0.2, -0.15) is 0 Å². The molecule has 0 bridgehead atoms. The van der Waals surface area contributed by atoms with Crippen LogP contribution in [0.25, 0.3) is 0 Å². The number of hydrogen-bond donors (Lipinski definition) is 1. The van der Waals surface area contributed by atoms with E-state index in [1.807, 2.05) is 0 Å². The molecule has 0 aromatic heterocycles. The van der Waals surface area contributed by atoms with E-state index in [1.54, 1.807) is 0 Å². The number of terminal acetylenes is 1. The van der Waals surface area contributed by atoms with Crippen molar-refractivity contribution >= 4 is 5.91 Å². The molecule has 0 heterocycles. The largest absolute Gasteiger partial charge is 0.336 e. The molecule has 1 amide bonds. The number of halogens is 3. The van der Waals surface area contributed by atoms with E-state index in [1.165, 1.54) is 13.8 Å². The number of rotatable bonds is 2. The lowest BCUT2D eigenvalue weighted by molar-refractivity contribution is 0.0924. The van der Waals surface area contributed by atoms with Crippen LogP contribution < -0.4 is 5.32 Å². The second-order valence-corrected chi connectivity index (χ2v) is 3.95. The van der Waals surface area contributed by atoms with E-state index in [0.29, 0.717) is 6.07 Å². The van der Waals surface area contributed by atoms with Gasteiger partial charge in [-0.15, -0.1) is 6.42 Å². The molecule has 0 unspecified atom stereocenters. The summed E-state index contributed by atoms with van der Waals surface area (Å²) in [4.78, 5) is 11.6. The molecule has 2 nitrogen and oxygen atoms in total. The number of amides is 1. The highest BCUT2D eigenvalue weighted by molar-refractivity contribution is 5.95. The minimum Gasteiger partial charge on any atom is -0.336 e. The van der Waals surface area contributed by atoms with Crippen LogP contribution in [0.3, 0.4) is 0 Å². The zero-order valence-electron chi connectivity index (χ0n) is 9.27. The van der Waals surface area contributed by atoms with Gasteiger partial charge in [0.2, 0.25) is 0 Å². The van der Waals surface area contributed by atoms with Crippen LogP contribution in [0, 0.1) is 29.8 Å². The zero-order chi connectivity index (χ0) is 13.2. The van der Waals surface area contributed by atoms with Crippen molar-refractivity contribution in [3.63, 3.8) is 0 Å². The second-order valence-electron chi connectivity index (χ2n) is 3.95. The van der Waals surface area contributed by atoms with Crippen LogP contribution in [0.5, 0.6) is 0 Å². The fourth-order valence-corrected chi connectivity index (χ4v) is 1.09. The minimum absolute atomic E-state index is 0.591. The molecule has 1 aromatic rings. The van der Waals surface area contributed by atoms with Crippen molar-refractivity contribution in [2.75, 3.05) is 0 Å². The molecule has 0 radical (unpaired) electrons. The molecule has 5 heteroatoms. The van der Waals surface area contributed by atoms with Gasteiger partial charge in [0, 0.05) is 0 Å². The van der Waals surface area contributed by atoms with Crippen LogP contribution in [-0.4, -0.2) is 11.4 Å². The molecule has 90 valence electrons. The molecule has 1 N–H and O–H groups in total. The summed E-state index contributed by atoms with van der Waals surface area (Å²) in [6, 6.07) is 1.53. The van der Waals surface area contributed by atoms with Gasteiger partial charge in [0.15, 0.2) is 17.5 Å². The Hall–Kier alpha value is -1.96. The van der Waals surface area contributed by atoms with Gasteiger partial charge in [-0.25, -0.2) is 13.2 Å². The average Bonchev–Trinajstić information content (AvgIpc) is 2.25. The van der Waals surface area contributed by atoms with Crippen molar-refractivity contribution in [2.24, 2.45) is 0 Å². The number of carbonyl (C=O) groups is 1. The molecule has 0 aliphatic heterocycles. The molecule has 0 aliphatic rings. The van der Waals surface area contributed by atoms with E-state index in [-0.39, 0.29) is 0 Å². The van der Waals surface area contributed by atoms with Crippen molar-refractivity contribution < 1.29 is 18.0 Å². The van der Waals surface area contributed by atoms with E-state index in [0.717, 1.165) is 6.07 Å². The molecule has 0 saturated carbocycles. The smallest absolute Gasteiger partial charge is 0.255 e. The average molecular weight is 241 g/mol. The Morgan fingerprint density at radius 3 is 2.41 bits per heavy atom. The lowest BCUT2D eigenvalue weighted by Gasteiger charge is -2.19. The first kappa shape index (κ1) is 13.1. The SMILES string of the molecule is C#CC(C)(C)NC(=O)c1ccc(F)c(F)c1F. The van der Waals surface area contributed by atoms with E-state index in [2.05, 4.69) is 11.2 Å². The van der Waals surface area contributed by atoms with Gasteiger partial charge < -0.3 is 5.32 Å². The summed E-state index contributed by atoms with van der Waals surface area (Å²) < 4.78 is 38.8. The van der Waals surface area contributed by atoms with E-state index in [4.69, 9.17) is 6.42 Å². The zero-order valence-corrected chi connectivity index (χ0v) is 9.27. The number of hydrogen-bond acceptors (Lipinski definition) is 1. The normalized spacial score (nSPS) is 10.8. The monoisotopic (exact) mass is 241 g/mol. The Morgan fingerprint density at radius 1 is 1.29 bits per heavy atom. The third-order valence-electron chi connectivity index (χ3n) is 2.07. The molecule has 0 fully saturated rings. The molecule has 0 atom stereocenters. The maximum absolute atomic E-state index is 13.3. The summed E-state index contributed by atoms with van der Waals surface area (Å²) in [7, 11) is 0. The summed E-state index contributed by atoms with van der Waals surface area (Å²) in [5, 5.41) is 2.31. The fourth-order valence-electron chi connectivity index (χ4n) is 1.09. The van der Waals surface area contributed by atoms with Gasteiger partial charge in [0.25, 0.3) is 5.91 Å². The molecule has 0 saturated heterocycles. The molecular weight excluding hydrogens is 231 g/mol. The van der Waals surface area contributed by atoms with Crippen LogP contribution in [0.2, 0.25) is 0 Å². The second kappa shape index (κ2) is 4.50.